The molecule has 0 spiro atoms. The van der Waals surface area contributed by atoms with E-state index in [9.17, 15) is 4.79 Å². The Kier molecular flexibility index (Phi) is 5.68. The van der Waals surface area contributed by atoms with E-state index in [1.165, 1.54) is 6.21 Å². The summed E-state index contributed by atoms with van der Waals surface area (Å²) in [6.07, 6.45) is 1.54. The number of carbonyl (C=O) groups excluding carboxylic acids is 1. The maximum atomic E-state index is 11.7. The number of hydrogen-bond donors (Lipinski definition) is 2. The van der Waals surface area contributed by atoms with Gasteiger partial charge in [0.15, 0.2) is 0 Å². The van der Waals surface area contributed by atoms with Crippen LogP contribution < -0.4 is 15.9 Å². The average molecular weight is 340 g/mol. The SMILES string of the molecule is CCOc1ccc(Cl)cc1C=NNC(=O)Cc1nnc(N)s1. The molecule has 0 radical (unpaired) electrons. The zero-order chi connectivity index (χ0) is 15.9. The third-order valence-electron chi connectivity index (χ3n) is 2.46. The van der Waals surface area contributed by atoms with Crippen molar-refractivity contribution in [3.8, 4) is 5.75 Å². The van der Waals surface area contributed by atoms with Crippen LogP contribution >= 0.6 is 22.9 Å². The summed E-state index contributed by atoms with van der Waals surface area (Å²) in [7, 11) is 0. The highest BCUT2D eigenvalue weighted by atomic mass is 35.5. The number of aromatic nitrogens is 2. The third-order valence-corrected chi connectivity index (χ3v) is 3.45. The normalized spacial score (nSPS) is 10.8. The molecule has 0 atom stereocenters. The van der Waals surface area contributed by atoms with Crippen LogP contribution in [0, 0.1) is 0 Å². The first-order chi connectivity index (χ1) is 10.6. The summed E-state index contributed by atoms with van der Waals surface area (Å²) < 4.78 is 5.45. The number of nitrogens with one attached hydrogen (secondary N) is 1. The molecular formula is C13H14ClN5O2S. The van der Waals surface area contributed by atoms with E-state index in [1.807, 2.05) is 6.92 Å². The minimum Gasteiger partial charge on any atom is -0.493 e. The van der Waals surface area contributed by atoms with Crippen LogP contribution in [0.5, 0.6) is 5.75 Å². The van der Waals surface area contributed by atoms with Gasteiger partial charge < -0.3 is 10.5 Å². The fourth-order valence-corrected chi connectivity index (χ4v) is 2.38. The summed E-state index contributed by atoms with van der Waals surface area (Å²) in [6.45, 7) is 2.40. The first kappa shape index (κ1) is 16.2. The summed E-state index contributed by atoms with van der Waals surface area (Å²) in [6, 6.07) is 5.18. The van der Waals surface area contributed by atoms with E-state index in [4.69, 9.17) is 22.1 Å². The second-order valence-corrected chi connectivity index (χ2v) is 5.65. The predicted molar refractivity (Wildman–Crippen MR) is 86.4 cm³/mol. The predicted octanol–water partition coefficient (Wildman–Crippen LogP) is 1.87. The van der Waals surface area contributed by atoms with Crippen LogP contribution in [0.1, 0.15) is 17.5 Å². The molecule has 0 fully saturated rings. The molecule has 1 aromatic carbocycles. The number of halogens is 1. The molecule has 1 aromatic heterocycles. The average Bonchev–Trinajstić information content (AvgIpc) is 2.87. The minimum absolute atomic E-state index is 0.0695. The van der Waals surface area contributed by atoms with Gasteiger partial charge in [-0.1, -0.05) is 22.9 Å². The highest BCUT2D eigenvalue weighted by Crippen LogP contribution is 2.21. The van der Waals surface area contributed by atoms with Gasteiger partial charge in [-0.05, 0) is 25.1 Å². The minimum atomic E-state index is -0.313. The maximum Gasteiger partial charge on any atom is 0.247 e. The molecule has 0 unspecified atom stereocenters. The summed E-state index contributed by atoms with van der Waals surface area (Å²) in [5, 5.41) is 12.7. The largest absolute Gasteiger partial charge is 0.493 e. The van der Waals surface area contributed by atoms with E-state index < -0.39 is 0 Å². The van der Waals surface area contributed by atoms with Crippen molar-refractivity contribution in [3.05, 3.63) is 33.8 Å². The number of nitrogen functional groups attached to an aromatic ring is 1. The molecule has 0 saturated carbocycles. The fourth-order valence-electron chi connectivity index (χ4n) is 1.60. The van der Waals surface area contributed by atoms with Crippen LogP contribution in [0.15, 0.2) is 23.3 Å². The molecule has 2 rings (SSSR count). The number of nitrogens with two attached hydrogens (primary N) is 1. The van der Waals surface area contributed by atoms with Crippen molar-refractivity contribution >= 4 is 40.2 Å². The van der Waals surface area contributed by atoms with Crippen molar-refractivity contribution in [2.24, 2.45) is 5.10 Å². The summed E-state index contributed by atoms with van der Waals surface area (Å²) in [4.78, 5) is 11.7. The Labute approximate surface area is 136 Å². The number of amides is 1. The van der Waals surface area contributed by atoms with Gasteiger partial charge in [-0.2, -0.15) is 5.10 Å². The smallest absolute Gasteiger partial charge is 0.247 e. The molecular weight excluding hydrogens is 326 g/mol. The van der Waals surface area contributed by atoms with Gasteiger partial charge in [0.1, 0.15) is 10.8 Å². The summed E-state index contributed by atoms with van der Waals surface area (Å²) >= 11 is 7.10. The van der Waals surface area contributed by atoms with E-state index in [0.717, 1.165) is 11.3 Å². The number of carbonyl (C=O) groups is 1. The lowest BCUT2D eigenvalue weighted by Gasteiger charge is -2.06. The van der Waals surface area contributed by atoms with Gasteiger partial charge in [-0.15, -0.1) is 10.2 Å². The lowest BCUT2D eigenvalue weighted by atomic mass is 10.2. The van der Waals surface area contributed by atoms with E-state index in [1.54, 1.807) is 18.2 Å². The fraction of sp³-hybridized carbons (Fsp3) is 0.231. The van der Waals surface area contributed by atoms with Crippen molar-refractivity contribution in [2.45, 2.75) is 13.3 Å². The standard InChI is InChI=1S/C13H14ClN5O2S/c1-2-21-10-4-3-9(14)5-8(10)7-16-17-11(20)6-12-18-19-13(15)22-12/h3-5,7H,2,6H2,1H3,(H2,15,19)(H,17,20). The molecule has 0 aliphatic carbocycles. The maximum absolute atomic E-state index is 11.7. The van der Waals surface area contributed by atoms with Crippen LogP contribution in [-0.2, 0) is 11.2 Å². The van der Waals surface area contributed by atoms with Crippen molar-refractivity contribution in [3.63, 3.8) is 0 Å². The molecule has 1 amide bonds. The Balaban J connectivity index is 1.97. The van der Waals surface area contributed by atoms with Crippen LogP contribution in [0.3, 0.4) is 0 Å². The van der Waals surface area contributed by atoms with Crippen molar-refractivity contribution in [2.75, 3.05) is 12.3 Å². The van der Waals surface area contributed by atoms with Crippen molar-refractivity contribution in [1.82, 2.24) is 15.6 Å². The van der Waals surface area contributed by atoms with E-state index in [2.05, 4.69) is 20.7 Å². The second kappa shape index (κ2) is 7.71. The van der Waals surface area contributed by atoms with Crippen molar-refractivity contribution < 1.29 is 9.53 Å². The molecule has 22 heavy (non-hydrogen) atoms. The quantitative estimate of drug-likeness (QED) is 0.617. The van der Waals surface area contributed by atoms with Gasteiger partial charge in [0, 0.05) is 10.6 Å². The van der Waals surface area contributed by atoms with Gasteiger partial charge in [0.05, 0.1) is 19.2 Å². The molecule has 0 aliphatic heterocycles. The number of ether oxygens (including phenoxy) is 1. The summed E-state index contributed by atoms with van der Waals surface area (Å²) in [5.74, 6) is 0.328. The molecule has 0 bridgehead atoms. The molecule has 0 saturated heterocycles. The molecule has 3 N–H and O–H groups in total. The second-order valence-electron chi connectivity index (χ2n) is 4.12. The third kappa shape index (κ3) is 4.68. The van der Waals surface area contributed by atoms with E-state index in [-0.39, 0.29) is 12.3 Å². The molecule has 116 valence electrons. The number of nitrogens with zero attached hydrogens (tertiary/aromatic N) is 3. The van der Waals surface area contributed by atoms with Crippen LogP contribution in [0.2, 0.25) is 5.02 Å². The number of hydrogen-bond acceptors (Lipinski definition) is 7. The number of hydrazone groups is 1. The van der Waals surface area contributed by atoms with Gasteiger partial charge >= 0.3 is 0 Å². The Morgan fingerprint density at radius 1 is 1.55 bits per heavy atom. The Morgan fingerprint density at radius 3 is 3.05 bits per heavy atom. The van der Waals surface area contributed by atoms with E-state index >= 15 is 0 Å². The van der Waals surface area contributed by atoms with Gasteiger partial charge in [0.2, 0.25) is 11.0 Å². The zero-order valence-corrected chi connectivity index (χ0v) is 13.3. The highest BCUT2D eigenvalue weighted by Gasteiger charge is 2.07. The first-order valence-electron chi connectivity index (χ1n) is 6.40. The van der Waals surface area contributed by atoms with Gasteiger partial charge in [0.25, 0.3) is 0 Å². The molecule has 7 nitrogen and oxygen atoms in total. The first-order valence-corrected chi connectivity index (χ1v) is 7.60. The summed E-state index contributed by atoms with van der Waals surface area (Å²) in [5.41, 5.74) is 8.53. The molecule has 2 aromatic rings. The zero-order valence-electron chi connectivity index (χ0n) is 11.7. The van der Waals surface area contributed by atoms with Gasteiger partial charge in [-0.25, -0.2) is 5.43 Å². The topological polar surface area (TPSA) is 102 Å². The van der Waals surface area contributed by atoms with E-state index in [0.29, 0.717) is 33.1 Å². The molecule has 0 aliphatic rings. The Hall–Kier alpha value is -2.19. The molecule has 1 heterocycles. The lowest BCUT2D eigenvalue weighted by molar-refractivity contribution is -0.120. The monoisotopic (exact) mass is 339 g/mol. The number of anilines is 1. The molecule has 9 heteroatoms. The van der Waals surface area contributed by atoms with Crippen LogP contribution in [-0.4, -0.2) is 28.9 Å². The Bertz CT molecular complexity index is 689. The van der Waals surface area contributed by atoms with Crippen LogP contribution in [0.25, 0.3) is 0 Å². The highest BCUT2D eigenvalue weighted by molar-refractivity contribution is 7.15. The number of rotatable bonds is 6. The van der Waals surface area contributed by atoms with Crippen molar-refractivity contribution in [1.29, 1.82) is 0 Å². The van der Waals surface area contributed by atoms with Gasteiger partial charge in [-0.3, -0.25) is 4.79 Å². The Morgan fingerprint density at radius 2 is 2.36 bits per heavy atom. The lowest BCUT2D eigenvalue weighted by Crippen LogP contribution is -2.19. The number of benzene rings is 1. The van der Waals surface area contributed by atoms with Crippen LogP contribution in [0.4, 0.5) is 5.13 Å².